The van der Waals surface area contributed by atoms with E-state index in [1.54, 1.807) is 11.0 Å². The second-order valence-electron chi connectivity index (χ2n) is 3.37. The molecule has 0 bridgehead atoms. The molecule has 0 saturated carbocycles. The molecule has 0 aliphatic heterocycles. The third-order valence-electron chi connectivity index (χ3n) is 2.39. The molecule has 0 fully saturated rings. The first-order chi connectivity index (χ1) is 7.69. The van der Waals surface area contributed by atoms with E-state index >= 15 is 0 Å². The van der Waals surface area contributed by atoms with Crippen LogP contribution in [0.15, 0.2) is 34.8 Å². The van der Waals surface area contributed by atoms with Crippen LogP contribution in [0.5, 0.6) is 0 Å². The van der Waals surface area contributed by atoms with Crippen LogP contribution in [-0.4, -0.2) is 23.9 Å². The Morgan fingerprint density at radius 2 is 1.94 bits per heavy atom. The fourth-order valence-corrected chi connectivity index (χ4v) is 1.83. The molecule has 0 aliphatic rings. The Hall–Kier alpha value is -1.09. The molecule has 2 nitrogen and oxygen atoms in total. The maximum Gasteiger partial charge on any atom is 0.246 e. The maximum atomic E-state index is 11.7. The number of hydrogen-bond donors (Lipinski definition) is 0. The second kappa shape index (κ2) is 6.48. The lowest BCUT2D eigenvalue weighted by atomic mass is 10.2. The van der Waals surface area contributed by atoms with E-state index in [0.29, 0.717) is 0 Å². The van der Waals surface area contributed by atoms with Gasteiger partial charge in [0, 0.05) is 23.6 Å². The van der Waals surface area contributed by atoms with E-state index in [1.807, 2.05) is 44.2 Å². The molecule has 0 unspecified atom stereocenters. The van der Waals surface area contributed by atoms with Crippen molar-refractivity contribution in [2.24, 2.45) is 0 Å². The van der Waals surface area contributed by atoms with Gasteiger partial charge in [0.05, 0.1) is 0 Å². The second-order valence-corrected chi connectivity index (χ2v) is 4.22. The van der Waals surface area contributed by atoms with Gasteiger partial charge in [-0.25, -0.2) is 0 Å². The summed E-state index contributed by atoms with van der Waals surface area (Å²) in [4.78, 5) is 13.5. The highest BCUT2D eigenvalue weighted by molar-refractivity contribution is 9.10. The minimum atomic E-state index is 0.0563. The molecule has 86 valence electrons. The molecular weight excluding hydrogens is 266 g/mol. The van der Waals surface area contributed by atoms with Crippen LogP contribution in [0.25, 0.3) is 6.08 Å². The number of carbonyl (C=O) groups is 1. The number of benzene rings is 1. The maximum absolute atomic E-state index is 11.7. The van der Waals surface area contributed by atoms with E-state index < -0.39 is 0 Å². The number of likely N-dealkylation sites (N-methyl/N-ethyl adjacent to an activating group) is 1. The largest absolute Gasteiger partial charge is 0.340 e. The lowest BCUT2D eigenvalue weighted by molar-refractivity contribution is -0.125. The standard InChI is InChI=1S/C13H16BrNO/c1-3-15(4-2)13(16)10-9-11-7-5-6-8-12(11)14/h5-10H,3-4H2,1-2H3/b10-9-. The Balaban J connectivity index is 2.74. The zero-order valence-corrected chi connectivity index (χ0v) is 11.2. The van der Waals surface area contributed by atoms with Crippen molar-refractivity contribution in [3.8, 4) is 0 Å². The average molecular weight is 282 g/mol. The molecule has 1 aromatic carbocycles. The van der Waals surface area contributed by atoms with Crippen LogP contribution in [0, 0.1) is 0 Å². The average Bonchev–Trinajstić information content (AvgIpc) is 2.29. The molecule has 1 rings (SSSR count). The summed E-state index contributed by atoms with van der Waals surface area (Å²) in [6, 6.07) is 7.83. The summed E-state index contributed by atoms with van der Waals surface area (Å²) in [6.07, 6.45) is 3.46. The third kappa shape index (κ3) is 3.49. The summed E-state index contributed by atoms with van der Waals surface area (Å²) < 4.78 is 0.999. The van der Waals surface area contributed by atoms with Gasteiger partial charge in [-0.3, -0.25) is 4.79 Å². The Kier molecular flexibility index (Phi) is 5.26. The number of rotatable bonds is 4. The first-order valence-corrected chi connectivity index (χ1v) is 6.19. The first kappa shape index (κ1) is 13.0. The van der Waals surface area contributed by atoms with Crippen LogP contribution < -0.4 is 0 Å². The highest BCUT2D eigenvalue weighted by Crippen LogP contribution is 2.17. The highest BCUT2D eigenvalue weighted by Gasteiger charge is 2.04. The predicted molar refractivity (Wildman–Crippen MR) is 71.1 cm³/mol. The molecule has 0 N–H and O–H groups in total. The molecule has 0 atom stereocenters. The smallest absolute Gasteiger partial charge is 0.246 e. The van der Waals surface area contributed by atoms with Gasteiger partial charge in [-0.1, -0.05) is 34.1 Å². The van der Waals surface area contributed by atoms with Crippen molar-refractivity contribution in [3.63, 3.8) is 0 Å². The van der Waals surface area contributed by atoms with Crippen LogP contribution >= 0.6 is 15.9 Å². The molecule has 0 aromatic heterocycles. The Morgan fingerprint density at radius 3 is 2.50 bits per heavy atom. The molecule has 16 heavy (non-hydrogen) atoms. The van der Waals surface area contributed by atoms with Crippen molar-refractivity contribution in [3.05, 3.63) is 40.4 Å². The molecule has 0 heterocycles. The van der Waals surface area contributed by atoms with Crippen LogP contribution in [0.1, 0.15) is 19.4 Å². The summed E-state index contributed by atoms with van der Waals surface area (Å²) in [6.45, 7) is 5.45. The molecule has 1 aromatic rings. The topological polar surface area (TPSA) is 20.3 Å². The lowest BCUT2D eigenvalue weighted by Crippen LogP contribution is -2.28. The molecule has 0 aliphatic carbocycles. The fraction of sp³-hybridized carbons (Fsp3) is 0.308. The van der Waals surface area contributed by atoms with Crippen molar-refractivity contribution >= 4 is 27.9 Å². The quantitative estimate of drug-likeness (QED) is 0.776. The van der Waals surface area contributed by atoms with Crippen molar-refractivity contribution in [2.75, 3.05) is 13.1 Å². The summed E-state index contributed by atoms with van der Waals surface area (Å²) in [5, 5.41) is 0. The Morgan fingerprint density at radius 1 is 1.31 bits per heavy atom. The van der Waals surface area contributed by atoms with Gasteiger partial charge in [-0.05, 0) is 31.6 Å². The predicted octanol–water partition coefficient (Wildman–Crippen LogP) is 3.33. The van der Waals surface area contributed by atoms with Crippen LogP contribution in [0.3, 0.4) is 0 Å². The SMILES string of the molecule is CCN(CC)C(=O)/C=C\c1ccccc1Br. The van der Waals surface area contributed by atoms with Crippen molar-refractivity contribution < 1.29 is 4.79 Å². The number of nitrogens with zero attached hydrogens (tertiary/aromatic N) is 1. The van der Waals surface area contributed by atoms with Gasteiger partial charge < -0.3 is 4.90 Å². The first-order valence-electron chi connectivity index (χ1n) is 5.40. The van der Waals surface area contributed by atoms with Gasteiger partial charge in [0.2, 0.25) is 5.91 Å². The minimum absolute atomic E-state index is 0.0563. The van der Waals surface area contributed by atoms with E-state index in [2.05, 4.69) is 15.9 Å². The molecule has 1 amide bonds. The molecular formula is C13H16BrNO. The lowest BCUT2D eigenvalue weighted by Gasteiger charge is -2.15. The number of carbonyl (C=O) groups excluding carboxylic acids is 1. The molecule has 0 radical (unpaired) electrons. The van der Waals surface area contributed by atoms with Gasteiger partial charge in [0.15, 0.2) is 0 Å². The van der Waals surface area contributed by atoms with Gasteiger partial charge in [-0.2, -0.15) is 0 Å². The minimum Gasteiger partial charge on any atom is -0.340 e. The van der Waals surface area contributed by atoms with Crippen molar-refractivity contribution in [2.45, 2.75) is 13.8 Å². The van der Waals surface area contributed by atoms with E-state index in [4.69, 9.17) is 0 Å². The highest BCUT2D eigenvalue weighted by atomic mass is 79.9. The van der Waals surface area contributed by atoms with E-state index in [1.165, 1.54) is 0 Å². The molecule has 3 heteroatoms. The number of halogens is 1. The molecule has 0 saturated heterocycles. The van der Waals surface area contributed by atoms with Gasteiger partial charge in [0.25, 0.3) is 0 Å². The van der Waals surface area contributed by atoms with E-state index in [0.717, 1.165) is 23.1 Å². The summed E-state index contributed by atoms with van der Waals surface area (Å²) >= 11 is 3.44. The van der Waals surface area contributed by atoms with Crippen LogP contribution in [-0.2, 0) is 4.79 Å². The van der Waals surface area contributed by atoms with Gasteiger partial charge >= 0.3 is 0 Å². The monoisotopic (exact) mass is 281 g/mol. The summed E-state index contributed by atoms with van der Waals surface area (Å²) in [5.74, 6) is 0.0563. The van der Waals surface area contributed by atoms with Gasteiger partial charge in [0.1, 0.15) is 0 Å². The zero-order chi connectivity index (χ0) is 12.0. The summed E-state index contributed by atoms with van der Waals surface area (Å²) in [5.41, 5.74) is 1.02. The normalized spacial score (nSPS) is 10.7. The van der Waals surface area contributed by atoms with Crippen molar-refractivity contribution in [1.29, 1.82) is 0 Å². The summed E-state index contributed by atoms with van der Waals surface area (Å²) in [7, 11) is 0. The Labute approximate surface area is 105 Å². The Bertz CT molecular complexity index is 383. The number of hydrogen-bond acceptors (Lipinski definition) is 1. The van der Waals surface area contributed by atoms with E-state index in [-0.39, 0.29) is 5.91 Å². The van der Waals surface area contributed by atoms with E-state index in [9.17, 15) is 4.79 Å². The third-order valence-corrected chi connectivity index (χ3v) is 3.11. The number of amides is 1. The van der Waals surface area contributed by atoms with Gasteiger partial charge in [-0.15, -0.1) is 0 Å². The van der Waals surface area contributed by atoms with Crippen LogP contribution in [0.2, 0.25) is 0 Å². The molecule has 0 spiro atoms. The zero-order valence-electron chi connectivity index (χ0n) is 9.61. The van der Waals surface area contributed by atoms with Crippen molar-refractivity contribution in [1.82, 2.24) is 4.90 Å². The fourth-order valence-electron chi connectivity index (χ4n) is 1.41. The van der Waals surface area contributed by atoms with Crippen LogP contribution in [0.4, 0.5) is 0 Å².